The van der Waals surface area contributed by atoms with Crippen molar-refractivity contribution in [3.8, 4) is 0 Å². The smallest absolute Gasteiger partial charge is 0.251 e. The summed E-state index contributed by atoms with van der Waals surface area (Å²) in [6.45, 7) is 5.65. The molecular weight excluding hydrogens is 324 g/mol. The number of nitrogens with zero attached hydrogens (tertiary/aromatic N) is 1. The van der Waals surface area contributed by atoms with Crippen LogP contribution in [0.5, 0.6) is 0 Å². The van der Waals surface area contributed by atoms with E-state index in [2.05, 4.69) is 10.3 Å². The van der Waals surface area contributed by atoms with E-state index < -0.39 is 5.60 Å². The summed E-state index contributed by atoms with van der Waals surface area (Å²) in [4.78, 5) is 17.4. The van der Waals surface area contributed by atoms with Crippen molar-refractivity contribution in [3.05, 3.63) is 65.0 Å². The highest BCUT2D eigenvalue weighted by atomic mass is 16.3. The number of carbonyl (C=O) groups is 1. The summed E-state index contributed by atoms with van der Waals surface area (Å²) in [7, 11) is 0. The zero-order chi connectivity index (χ0) is 18.7. The summed E-state index contributed by atoms with van der Waals surface area (Å²) in [5, 5.41) is 13.1. The first-order valence-corrected chi connectivity index (χ1v) is 9.37. The summed E-state index contributed by atoms with van der Waals surface area (Å²) in [6, 6.07) is 11.6. The average molecular weight is 352 g/mol. The highest BCUT2D eigenvalue weighted by molar-refractivity contribution is 5.94. The lowest BCUT2D eigenvalue weighted by molar-refractivity contribution is 0.0714. The van der Waals surface area contributed by atoms with Gasteiger partial charge in [-0.05, 0) is 81.7 Å². The summed E-state index contributed by atoms with van der Waals surface area (Å²) >= 11 is 0. The van der Waals surface area contributed by atoms with Crippen molar-refractivity contribution in [2.45, 2.75) is 58.1 Å². The van der Waals surface area contributed by atoms with E-state index in [0.717, 1.165) is 36.1 Å². The molecular formula is C22H28N2O2. The van der Waals surface area contributed by atoms with Gasteiger partial charge in [-0.2, -0.15) is 0 Å². The Morgan fingerprint density at radius 3 is 2.73 bits per heavy atom. The van der Waals surface area contributed by atoms with Gasteiger partial charge in [-0.1, -0.05) is 18.2 Å². The Kier molecular flexibility index (Phi) is 5.42. The van der Waals surface area contributed by atoms with E-state index in [4.69, 9.17) is 0 Å². The van der Waals surface area contributed by atoms with E-state index in [1.54, 1.807) is 20.0 Å². The van der Waals surface area contributed by atoms with Crippen LogP contribution in [0, 0.1) is 12.8 Å². The number of aliphatic hydroxyl groups is 1. The molecule has 26 heavy (non-hydrogen) atoms. The Labute approximate surface area is 155 Å². The predicted molar refractivity (Wildman–Crippen MR) is 103 cm³/mol. The third-order valence-corrected chi connectivity index (χ3v) is 4.94. The van der Waals surface area contributed by atoms with Crippen molar-refractivity contribution in [2.75, 3.05) is 0 Å². The predicted octanol–water partition coefficient (Wildman–Crippen LogP) is 3.97. The van der Waals surface area contributed by atoms with Crippen LogP contribution in [-0.4, -0.2) is 21.6 Å². The quantitative estimate of drug-likeness (QED) is 0.792. The first kappa shape index (κ1) is 18.6. The van der Waals surface area contributed by atoms with Crippen LogP contribution >= 0.6 is 0 Å². The topological polar surface area (TPSA) is 62.2 Å². The Morgan fingerprint density at radius 2 is 2.08 bits per heavy atom. The van der Waals surface area contributed by atoms with Crippen molar-refractivity contribution >= 4 is 5.91 Å². The summed E-state index contributed by atoms with van der Waals surface area (Å²) in [5.74, 6) is 0.419. The molecule has 1 amide bonds. The molecule has 1 aromatic carbocycles. The zero-order valence-corrected chi connectivity index (χ0v) is 15.8. The highest BCUT2D eigenvalue weighted by Crippen LogP contribution is 2.41. The van der Waals surface area contributed by atoms with Gasteiger partial charge in [0.05, 0.1) is 17.3 Å². The summed E-state index contributed by atoms with van der Waals surface area (Å²) in [5.41, 5.74) is 3.12. The second kappa shape index (κ2) is 7.58. The van der Waals surface area contributed by atoms with E-state index in [1.165, 1.54) is 0 Å². The fourth-order valence-electron chi connectivity index (χ4n) is 3.21. The number of hydrogen-bond donors (Lipinski definition) is 2. The van der Waals surface area contributed by atoms with E-state index in [-0.39, 0.29) is 11.9 Å². The number of aryl methyl sites for hydroxylation is 2. The zero-order valence-electron chi connectivity index (χ0n) is 15.8. The molecule has 0 unspecified atom stereocenters. The maximum Gasteiger partial charge on any atom is 0.251 e. The van der Waals surface area contributed by atoms with Gasteiger partial charge in [0.2, 0.25) is 0 Å². The van der Waals surface area contributed by atoms with Gasteiger partial charge >= 0.3 is 0 Å². The van der Waals surface area contributed by atoms with E-state index in [9.17, 15) is 9.90 Å². The monoisotopic (exact) mass is 352 g/mol. The van der Waals surface area contributed by atoms with Crippen LogP contribution in [0.3, 0.4) is 0 Å². The third-order valence-electron chi connectivity index (χ3n) is 4.94. The minimum absolute atomic E-state index is 0.0243. The number of nitrogens with one attached hydrogen (secondary N) is 1. The largest absolute Gasteiger partial charge is 0.390 e. The first-order valence-electron chi connectivity index (χ1n) is 9.37. The molecule has 4 heteroatoms. The van der Waals surface area contributed by atoms with Crippen molar-refractivity contribution in [1.82, 2.24) is 10.3 Å². The molecule has 2 N–H and O–H groups in total. The van der Waals surface area contributed by atoms with E-state index in [0.29, 0.717) is 17.9 Å². The van der Waals surface area contributed by atoms with Gasteiger partial charge in [-0.15, -0.1) is 0 Å². The number of hydrogen-bond acceptors (Lipinski definition) is 3. The summed E-state index contributed by atoms with van der Waals surface area (Å²) < 4.78 is 0. The third kappa shape index (κ3) is 4.92. The van der Waals surface area contributed by atoms with Crippen LogP contribution in [0.25, 0.3) is 0 Å². The van der Waals surface area contributed by atoms with Gasteiger partial charge in [0, 0.05) is 11.8 Å². The lowest BCUT2D eigenvalue weighted by Gasteiger charge is -2.20. The average Bonchev–Trinajstić information content (AvgIpc) is 3.43. The van der Waals surface area contributed by atoms with Gasteiger partial charge in [0.25, 0.3) is 5.91 Å². The van der Waals surface area contributed by atoms with Crippen LogP contribution in [-0.2, 0) is 6.42 Å². The van der Waals surface area contributed by atoms with Gasteiger partial charge in [-0.25, -0.2) is 0 Å². The summed E-state index contributed by atoms with van der Waals surface area (Å²) in [6.07, 6.45) is 5.46. The Hall–Kier alpha value is -2.20. The second-order valence-electron chi connectivity index (χ2n) is 8.01. The van der Waals surface area contributed by atoms with Gasteiger partial charge in [0.1, 0.15) is 0 Å². The molecule has 2 aromatic rings. The number of carbonyl (C=O) groups excluding carboxylic acids is 1. The number of aromatic nitrogens is 1. The molecule has 1 aliphatic rings. The fourth-order valence-corrected chi connectivity index (χ4v) is 3.21. The molecule has 0 saturated heterocycles. The maximum absolute atomic E-state index is 12.8. The molecule has 0 bridgehead atoms. The molecule has 1 heterocycles. The van der Waals surface area contributed by atoms with Crippen LogP contribution in [0.1, 0.15) is 66.3 Å². The van der Waals surface area contributed by atoms with Crippen molar-refractivity contribution < 1.29 is 9.90 Å². The van der Waals surface area contributed by atoms with Crippen LogP contribution in [0.2, 0.25) is 0 Å². The number of amides is 1. The van der Waals surface area contributed by atoms with Crippen LogP contribution in [0.15, 0.2) is 42.6 Å². The molecule has 1 atom stereocenters. The minimum Gasteiger partial charge on any atom is -0.390 e. The van der Waals surface area contributed by atoms with E-state index in [1.807, 2.05) is 43.3 Å². The Bertz CT molecular complexity index is 776. The van der Waals surface area contributed by atoms with Crippen LogP contribution < -0.4 is 5.32 Å². The molecule has 0 spiro atoms. The molecule has 1 aromatic heterocycles. The van der Waals surface area contributed by atoms with E-state index >= 15 is 0 Å². The van der Waals surface area contributed by atoms with Crippen LogP contribution in [0.4, 0.5) is 0 Å². The molecule has 0 radical (unpaired) electrons. The molecule has 1 aliphatic carbocycles. The lowest BCUT2D eigenvalue weighted by Crippen LogP contribution is -2.31. The van der Waals surface area contributed by atoms with Crippen molar-refractivity contribution in [3.63, 3.8) is 0 Å². The highest BCUT2D eigenvalue weighted by Gasteiger charge is 2.35. The number of pyridine rings is 1. The van der Waals surface area contributed by atoms with Crippen molar-refractivity contribution in [2.24, 2.45) is 5.92 Å². The molecule has 1 fully saturated rings. The Morgan fingerprint density at radius 1 is 1.31 bits per heavy atom. The normalized spacial score (nSPS) is 15.5. The fraction of sp³-hybridized carbons (Fsp3) is 0.455. The second-order valence-corrected chi connectivity index (χ2v) is 8.01. The lowest BCUT2D eigenvalue weighted by atomic mass is 9.97. The SMILES string of the molecule is Cc1cccnc1[C@H](NC(=O)c1cccc(CCC(C)(C)O)c1)C1CC1. The molecule has 4 nitrogen and oxygen atoms in total. The van der Waals surface area contributed by atoms with Gasteiger partial charge in [0.15, 0.2) is 0 Å². The standard InChI is InChI=1S/C22H28N2O2/c1-15-6-5-13-23-19(15)20(17-9-10-17)24-21(25)18-8-4-7-16(14-18)11-12-22(2,3)26/h4-8,13-14,17,20,26H,9-12H2,1-3H3,(H,24,25)/t20-/m1/s1. The molecule has 1 saturated carbocycles. The molecule has 0 aliphatic heterocycles. The first-order chi connectivity index (χ1) is 12.3. The maximum atomic E-state index is 12.8. The molecule has 138 valence electrons. The van der Waals surface area contributed by atoms with Gasteiger partial charge < -0.3 is 10.4 Å². The minimum atomic E-state index is -0.703. The van der Waals surface area contributed by atoms with Gasteiger partial charge in [-0.3, -0.25) is 9.78 Å². The number of benzene rings is 1. The van der Waals surface area contributed by atoms with Crippen molar-refractivity contribution in [1.29, 1.82) is 0 Å². The number of rotatable bonds is 7. The Balaban J connectivity index is 1.73. The molecule has 3 rings (SSSR count).